The van der Waals surface area contributed by atoms with Gasteiger partial charge in [-0.05, 0) is 30.7 Å². The van der Waals surface area contributed by atoms with E-state index in [0.29, 0.717) is 18.2 Å². The molecule has 3 rings (SSSR count). The Morgan fingerprint density at radius 2 is 2.14 bits per heavy atom. The van der Waals surface area contributed by atoms with Crippen LogP contribution >= 0.6 is 11.3 Å². The van der Waals surface area contributed by atoms with Crippen LogP contribution in [0.3, 0.4) is 0 Å². The first-order valence-electron chi connectivity index (χ1n) is 7.25. The van der Waals surface area contributed by atoms with Gasteiger partial charge in [-0.2, -0.15) is 0 Å². The Morgan fingerprint density at radius 1 is 1.38 bits per heavy atom. The van der Waals surface area contributed by atoms with Crippen LogP contribution in [0, 0.1) is 5.92 Å². The van der Waals surface area contributed by atoms with Crippen LogP contribution < -0.4 is 11.1 Å². The van der Waals surface area contributed by atoms with E-state index in [2.05, 4.69) is 22.4 Å². The van der Waals surface area contributed by atoms with Crippen LogP contribution in [0.1, 0.15) is 33.9 Å². The van der Waals surface area contributed by atoms with Crippen LogP contribution in [0.15, 0.2) is 35.7 Å². The van der Waals surface area contributed by atoms with Gasteiger partial charge in [0.2, 0.25) is 0 Å². The number of nitrogens with one attached hydrogen (secondary N) is 1. The fourth-order valence-corrected chi connectivity index (χ4v) is 3.11. The molecular formula is C16H19N3OS. The molecular weight excluding hydrogens is 282 g/mol. The van der Waals surface area contributed by atoms with Crippen LogP contribution in [0.25, 0.3) is 0 Å². The molecule has 4 nitrogen and oxygen atoms in total. The third kappa shape index (κ3) is 3.68. The standard InChI is InChI=1S/C16H19N3OS/c17-9-15-18-14(10-21-15)16(20)19-13(12-6-7-12)8-11-4-2-1-3-5-11/h1-5,10,12-13H,6-9,17H2,(H,19,20). The van der Waals surface area contributed by atoms with Crippen molar-refractivity contribution in [3.8, 4) is 0 Å². The average Bonchev–Trinajstić information content (AvgIpc) is 3.24. The molecule has 1 heterocycles. The summed E-state index contributed by atoms with van der Waals surface area (Å²) in [5.74, 6) is 0.514. The molecule has 1 unspecified atom stereocenters. The minimum absolute atomic E-state index is 0.0845. The highest BCUT2D eigenvalue weighted by Crippen LogP contribution is 2.34. The Morgan fingerprint density at radius 3 is 2.76 bits per heavy atom. The Labute approximate surface area is 128 Å². The molecule has 1 aromatic heterocycles. The fourth-order valence-electron chi connectivity index (χ4n) is 2.45. The zero-order valence-corrected chi connectivity index (χ0v) is 12.6. The maximum atomic E-state index is 12.3. The maximum absolute atomic E-state index is 12.3. The lowest BCUT2D eigenvalue weighted by Gasteiger charge is -2.17. The summed E-state index contributed by atoms with van der Waals surface area (Å²) in [6.07, 6.45) is 3.27. The summed E-state index contributed by atoms with van der Waals surface area (Å²) in [6.45, 7) is 0.383. The van der Waals surface area contributed by atoms with Gasteiger partial charge in [-0.15, -0.1) is 11.3 Å². The molecule has 1 atom stereocenters. The van der Waals surface area contributed by atoms with Crippen molar-refractivity contribution in [1.29, 1.82) is 0 Å². The van der Waals surface area contributed by atoms with Gasteiger partial charge in [0.1, 0.15) is 10.7 Å². The molecule has 1 saturated carbocycles. The van der Waals surface area contributed by atoms with Crippen molar-refractivity contribution in [3.05, 3.63) is 52.0 Å². The molecule has 0 radical (unpaired) electrons. The van der Waals surface area contributed by atoms with Crippen molar-refractivity contribution in [2.75, 3.05) is 0 Å². The van der Waals surface area contributed by atoms with Crippen LogP contribution in [0.5, 0.6) is 0 Å². The molecule has 1 aliphatic rings. The van der Waals surface area contributed by atoms with Gasteiger partial charge in [0, 0.05) is 18.0 Å². The van der Waals surface area contributed by atoms with Crippen molar-refractivity contribution >= 4 is 17.2 Å². The maximum Gasteiger partial charge on any atom is 0.270 e. The van der Waals surface area contributed by atoms with Gasteiger partial charge >= 0.3 is 0 Å². The number of hydrogen-bond acceptors (Lipinski definition) is 4. The molecule has 1 fully saturated rings. The van der Waals surface area contributed by atoms with Gasteiger partial charge < -0.3 is 11.1 Å². The Hall–Kier alpha value is -1.72. The molecule has 0 saturated heterocycles. The Bertz CT molecular complexity index is 607. The minimum Gasteiger partial charge on any atom is -0.347 e. The van der Waals surface area contributed by atoms with Gasteiger partial charge in [-0.25, -0.2) is 4.98 Å². The molecule has 0 bridgehead atoms. The van der Waals surface area contributed by atoms with Gasteiger partial charge in [0.05, 0.1) is 0 Å². The first kappa shape index (κ1) is 14.2. The molecule has 5 heteroatoms. The highest BCUT2D eigenvalue weighted by atomic mass is 32.1. The molecule has 3 N–H and O–H groups in total. The van der Waals surface area contributed by atoms with Crippen LogP contribution in [-0.4, -0.2) is 16.9 Å². The van der Waals surface area contributed by atoms with E-state index in [1.807, 2.05) is 18.2 Å². The lowest BCUT2D eigenvalue weighted by Crippen LogP contribution is -2.38. The number of carbonyl (C=O) groups excluding carboxylic acids is 1. The van der Waals surface area contributed by atoms with Crippen LogP contribution in [0.4, 0.5) is 0 Å². The van der Waals surface area contributed by atoms with E-state index in [-0.39, 0.29) is 11.9 Å². The first-order valence-corrected chi connectivity index (χ1v) is 8.13. The number of thiazole rings is 1. The average molecular weight is 301 g/mol. The van der Waals surface area contributed by atoms with Crippen molar-refractivity contribution in [2.45, 2.75) is 31.8 Å². The third-order valence-corrected chi connectivity index (χ3v) is 4.64. The highest BCUT2D eigenvalue weighted by Gasteiger charge is 2.32. The number of carbonyl (C=O) groups is 1. The van der Waals surface area contributed by atoms with Gasteiger partial charge in [0.25, 0.3) is 5.91 Å². The lowest BCUT2D eigenvalue weighted by atomic mass is 10.0. The number of benzene rings is 1. The summed E-state index contributed by atoms with van der Waals surface area (Å²) in [7, 11) is 0. The normalized spacial score (nSPS) is 15.7. The third-order valence-electron chi connectivity index (χ3n) is 3.76. The van der Waals surface area contributed by atoms with E-state index < -0.39 is 0 Å². The first-order chi connectivity index (χ1) is 10.3. The second kappa shape index (κ2) is 6.37. The zero-order chi connectivity index (χ0) is 14.7. The monoisotopic (exact) mass is 301 g/mol. The van der Waals surface area contributed by atoms with E-state index in [0.717, 1.165) is 11.4 Å². The minimum atomic E-state index is -0.0845. The smallest absolute Gasteiger partial charge is 0.270 e. The van der Waals surface area contributed by atoms with Crippen molar-refractivity contribution in [3.63, 3.8) is 0 Å². The summed E-state index contributed by atoms with van der Waals surface area (Å²) in [6, 6.07) is 10.5. The molecule has 1 aromatic carbocycles. The molecule has 1 amide bonds. The number of hydrogen-bond donors (Lipinski definition) is 2. The number of nitrogens with zero attached hydrogens (tertiary/aromatic N) is 1. The molecule has 21 heavy (non-hydrogen) atoms. The zero-order valence-electron chi connectivity index (χ0n) is 11.8. The van der Waals surface area contributed by atoms with Crippen molar-refractivity contribution < 1.29 is 4.79 Å². The van der Waals surface area contributed by atoms with Gasteiger partial charge in [0.15, 0.2) is 0 Å². The second-order valence-corrected chi connectivity index (χ2v) is 6.38. The Balaban J connectivity index is 1.66. The SMILES string of the molecule is NCc1nc(C(=O)NC(Cc2ccccc2)C2CC2)cs1. The second-order valence-electron chi connectivity index (χ2n) is 5.44. The molecule has 2 aromatic rings. The van der Waals surface area contributed by atoms with Crippen LogP contribution in [-0.2, 0) is 13.0 Å². The summed E-state index contributed by atoms with van der Waals surface area (Å²) in [4.78, 5) is 16.5. The number of nitrogens with two attached hydrogens (primary N) is 1. The summed E-state index contributed by atoms with van der Waals surface area (Å²) in [5, 5.41) is 5.72. The highest BCUT2D eigenvalue weighted by molar-refractivity contribution is 7.09. The largest absolute Gasteiger partial charge is 0.347 e. The van der Waals surface area contributed by atoms with E-state index in [9.17, 15) is 4.79 Å². The number of rotatable bonds is 6. The van der Waals surface area contributed by atoms with E-state index in [1.54, 1.807) is 5.38 Å². The Kier molecular flexibility index (Phi) is 4.31. The number of amides is 1. The van der Waals surface area contributed by atoms with Crippen molar-refractivity contribution in [2.24, 2.45) is 11.7 Å². The number of aromatic nitrogens is 1. The van der Waals surface area contributed by atoms with E-state index in [1.165, 1.54) is 29.7 Å². The summed E-state index contributed by atoms with van der Waals surface area (Å²) in [5.41, 5.74) is 7.29. The topological polar surface area (TPSA) is 68.0 Å². The molecule has 1 aliphatic carbocycles. The van der Waals surface area contributed by atoms with Crippen molar-refractivity contribution in [1.82, 2.24) is 10.3 Å². The molecule has 0 aliphatic heterocycles. The van der Waals surface area contributed by atoms with Gasteiger partial charge in [-0.3, -0.25) is 4.79 Å². The molecule has 110 valence electrons. The summed E-state index contributed by atoms with van der Waals surface area (Å²) >= 11 is 1.44. The van der Waals surface area contributed by atoms with Crippen LogP contribution in [0.2, 0.25) is 0 Å². The summed E-state index contributed by atoms with van der Waals surface area (Å²) < 4.78 is 0. The van der Waals surface area contributed by atoms with E-state index >= 15 is 0 Å². The predicted molar refractivity (Wildman–Crippen MR) is 84.1 cm³/mol. The lowest BCUT2D eigenvalue weighted by molar-refractivity contribution is 0.0927. The quantitative estimate of drug-likeness (QED) is 0.860. The fraction of sp³-hybridized carbons (Fsp3) is 0.375. The molecule has 0 spiro atoms. The van der Waals surface area contributed by atoms with Gasteiger partial charge in [-0.1, -0.05) is 30.3 Å². The van der Waals surface area contributed by atoms with E-state index in [4.69, 9.17) is 5.73 Å². The predicted octanol–water partition coefficient (Wildman–Crippen LogP) is 2.35.